The molecule has 1 heterocycles. The Morgan fingerprint density at radius 3 is 2.74 bits per heavy atom. The molecular formula is C17H14N2O4. The van der Waals surface area contributed by atoms with Crippen LogP contribution in [0.15, 0.2) is 59.1 Å². The molecular weight excluding hydrogens is 296 g/mol. The maximum absolute atomic E-state index is 11.8. The molecule has 1 aromatic heterocycles. The van der Waals surface area contributed by atoms with Gasteiger partial charge in [-0.15, -0.1) is 0 Å². The van der Waals surface area contributed by atoms with Gasteiger partial charge in [-0.3, -0.25) is 0 Å². The number of nitrogens with zero attached hydrogens (tertiary/aromatic N) is 2. The van der Waals surface area contributed by atoms with Crippen LogP contribution in [0.4, 0.5) is 0 Å². The normalized spacial score (nSPS) is 10.3. The van der Waals surface area contributed by atoms with Gasteiger partial charge in [0.05, 0.1) is 12.7 Å². The highest BCUT2D eigenvalue weighted by Crippen LogP contribution is 2.21. The van der Waals surface area contributed by atoms with Crippen molar-refractivity contribution >= 4 is 5.97 Å². The Morgan fingerprint density at radius 2 is 1.96 bits per heavy atom. The molecule has 0 atom stereocenters. The number of hydrogen-bond donors (Lipinski definition) is 0. The molecule has 0 aliphatic carbocycles. The van der Waals surface area contributed by atoms with Crippen LogP contribution < -0.4 is 4.74 Å². The number of carbonyl (C=O) groups is 1. The van der Waals surface area contributed by atoms with Gasteiger partial charge in [-0.1, -0.05) is 35.5 Å². The highest BCUT2D eigenvalue weighted by atomic mass is 16.6. The van der Waals surface area contributed by atoms with Crippen molar-refractivity contribution in [2.45, 2.75) is 6.61 Å². The molecule has 0 spiro atoms. The lowest BCUT2D eigenvalue weighted by Crippen LogP contribution is -2.05. The van der Waals surface area contributed by atoms with Gasteiger partial charge in [-0.25, -0.2) is 4.79 Å². The third kappa shape index (κ3) is 3.55. The molecule has 116 valence electrons. The smallest absolute Gasteiger partial charge is 0.338 e. The number of ether oxygens (including phenoxy) is 2. The van der Waals surface area contributed by atoms with E-state index in [1.807, 2.05) is 24.3 Å². The lowest BCUT2D eigenvalue weighted by Gasteiger charge is -2.01. The van der Waals surface area contributed by atoms with Crippen molar-refractivity contribution in [2.24, 2.45) is 0 Å². The summed E-state index contributed by atoms with van der Waals surface area (Å²) >= 11 is 0. The fraction of sp³-hybridized carbons (Fsp3) is 0.118. The molecule has 6 heteroatoms. The van der Waals surface area contributed by atoms with Gasteiger partial charge in [-0.2, -0.15) is 4.98 Å². The zero-order valence-corrected chi connectivity index (χ0v) is 12.4. The second-order valence-electron chi connectivity index (χ2n) is 4.69. The maximum atomic E-state index is 11.8. The molecule has 0 amide bonds. The van der Waals surface area contributed by atoms with E-state index in [0.717, 1.165) is 5.56 Å². The standard InChI is InChI=1S/C17H14N2O4/c1-21-14-9-5-8-13(10-14)16-18-15(23-19-16)11-22-17(20)12-6-3-2-4-7-12/h2-10H,11H2,1H3. The first kappa shape index (κ1) is 14.8. The Bertz CT molecular complexity index is 799. The second kappa shape index (κ2) is 6.74. The molecule has 3 aromatic rings. The van der Waals surface area contributed by atoms with Gasteiger partial charge in [0.15, 0.2) is 6.61 Å². The molecule has 0 saturated carbocycles. The Kier molecular flexibility index (Phi) is 4.33. The SMILES string of the molecule is COc1cccc(-c2noc(COC(=O)c3ccccc3)n2)c1. The van der Waals surface area contributed by atoms with Crippen LogP contribution in [0.5, 0.6) is 5.75 Å². The van der Waals surface area contributed by atoms with Crippen LogP contribution in [0.1, 0.15) is 16.2 Å². The number of aromatic nitrogens is 2. The number of hydrogen-bond acceptors (Lipinski definition) is 6. The van der Waals surface area contributed by atoms with Crippen molar-refractivity contribution in [3.63, 3.8) is 0 Å². The summed E-state index contributed by atoms with van der Waals surface area (Å²) in [6, 6.07) is 16.0. The topological polar surface area (TPSA) is 74.5 Å². The third-order valence-electron chi connectivity index (χ3n) is 3.13. The molecule has 0 fully saturated rings. The Morgan fingerprint density at radius 1 is 1.13 bits per heavy atom. The van der Waals surface area contributed by atoms with Gasteiger partial charge in [-0.05, 0) is 24.3 Å². The van der Waals surface area contributed by atoms with E-state index in [0.29, 0.717) is 17.1 Å². The average molecular weight is 310 g/mol. The van der Waals surface area contributed by atoms with E-state index in [4.69, 9.17) is 14.0 Å². The van der Waals surface area contributed by atoms with E-state index in [2.05, 4.69) is 10.1 Å². The monoisotopic (exact) mass is 310 g/mol. The van der Waals surface area contributed by atoms with Crippen LogP contribution in [0, 0.1) is 0 Å². The summed E-state index contributed by atoms with van der Waals surface area (Å²) in [7, 11) is 1.59. The predicted octanol–water partition coefficient (Wildman–Crippen LogP) is 3.10. The molecule has 0 unspecified atom stereocenters. The molecule has 0 bridgehead atoms. The van der Waals surface area contributed by atoms with Gasteiger partial charge >= 0.3 is 5.97 Å². The summed E-state index contributed by atoms with van der Waals surface area (Å²) in [5.74, 6) is 0.901. The third-order valence-corrected chi connectivity index (χ3v) is 3.13. The van der Waals surface area contributed by atoms with E-state index in [-0.39, 0.29) is 12.5 Å². The first-order chi connectivity index (χ1) is 11.3. The number of esters is 1. The second-order valence-corrected chi connectivity index (χ2v) is 4.69. The van der Waals surface area contributed by atoms with E-state index < -0.39 is 5.97 Å². The van der Waals surface area contributed by atoms with Crippen molar-refractivity contribution in [1.29, 1.82) is 0 Å². The zero-order chi connectivity index (χ0) is 16.1. The summed E-state index contributed by atoms with van der Waals surface area (Å²) < 4.78 is 15.4. The Labute approximate surface area is 132 Å². The van der Waals surface area contributed by atoms with Crippen LogP contribution in [0.3, 0.4) is 0 Å². The highest BCUT2D eigenvalue weighted by molar-refractivity contribution is 5.89. The summed E-state index contributed by atoms with van der Waals surface area (Å²) in [6.45, 7) is -0.0787. The molecule has 23 heavy (non-hydrogen) atoms. The lowest BCUT2D eigenvalue weighted by molar-refractivity contribution is 0.0430. The number of methoxy groups -OCH3 is 1. The summed E-state index contributed by atoms with van der Waals surface area (Å²) in [6.07, 6.45) is 0. The molecule has 2 aromatic carbocycles. The van der Waals surface area contributed by atoms with Crippen molar-refractivity contribution in [3.05, 3.63) is 66.1 Å². The van der Waals surface area contributed by atoms with Gasteiger partial charge in [0.2, 0.25) is 5.82 Å². The molecule has 0 aliphatic rings. The van der Waals surface area contributed by atoms with Crippen molar-refractivity contribution in [2.75, 3.05) is 7.11 Å². The van der Waals surface area contributed by atoms with E-state index in [1.54, 1.807) is 37.4 Å². The van der Waals surface area contributed by atoms with Crippen LogP contribution in [-0.2, 0) is 11.3 Å². The minimum absolute atomic E-state index is 0.0787. The van der Waals surface area contributed by atoms with Crippen molar-refractivity contribution < 1.29 is 18.8 Å². The van der Waals surface area contributed by atoms with Gasteiger partial charge in [0.1, 0.15) is 5.75 Å². The Hall–Kier alpha value is -3.15. The number of carbonyl (C=O) groups excluding carboxylic acids is 1. The van der Waals surface area contributed by atoms with Crippen molar-refractivity contribution in [3.8, 4) is 17.1 Å². The van der Waals surface area contributed by atoms with Crippen LogP contribution in [0.2, 0.25) is 0 Å². The lowest BCUT2D eigenvalue weighted by atomic mass is 10.2. The van der Waals surface area contributed by atoms with Gasteiger partial charge < -0.3 is 14.0 Å². The zero-order valence-electron chi connectivity index (χ0n) is 12.4. The first-order valence-corrected chi connectivity index (χ1v) is 6.95. The fourth-order valence-electron chi connectivity index (χ4n) is 1.98. The largest absolute Gasteiger partial charge is 0.497 e. The summed E-state index contributed by atoms with van der Waals surface area (Å²) in [4.78, 5) is 16.1. The predicted molar refractivity (Wildman–Crippen MR) is 81.8 cm³/mol. The molecule has 0 saturated heterocycles. The van der Waals surface area contributed by atoms with Crippen molar-refractivity contribution in [1.82, 2.24) is 10.1 Å². The van der Waals surface area contributed by atoms with Gasteiger partial charge in [0.25, 0.3) is 5.89 Å². The maximum Gasteiger partial charge on any atom is 0.338 e. The van der Waals surface area contributed by atoms with E-state index in [9.17, 15) is 4.79 Å². The number of benzene rings is 2. The minimum atomic E-state index is -0.438. The molecule has 0 radical (unpaired) electrons. The molecule has 0 aliphatic heterocycles. The van der Waals surface area contributed by atoms with E-state index in [1.165, 1.54) is 0 Å². The number of rotatable bonds is 5. The van der Waals surface area contributed by atoms with E-state index >= 15 is 0 Å². The van der Waals surface area contributed by atoms with Crippen LogP contribution >= 0.6 is 0 Å². The minimum Gasteiger partial charge on any atom is -0.497 e. The van der Waals surface area contributed by atoms with Crippen LogP contribution in [-0.4, -0.2) is 23.2 Å². The first-order valence-electron chi connectivity index (χ1n) is 6.95. The molecule has 3 rings (SSSR count). The summed E-state index contributed by atoms with van der Waals surface area (Å²) in [5.41, 5.74) is 1.23. The molecule has 0 N–H and O–H groups in total. The quantitative estimate of drug-likeness (QED) is 0.674. The average Bonchev–Trinajstić information content (AvgIpc) is 3.09. The fourth-order valence-corrected chi connectivity index (χ4v) is 1.98. The van der Waals surface area contributed by atoms with Gasteiger partial charge in [0, 0.05) is 5.56 Å². The van der Waals surface area contributed by atoms with Crippen LogP contribution in [0.25, 0.3) is 11.4 Å². The summed E-state index contributed by atoms with van der Waals surface area (Å²) in [5, 5.41) is 3.88. The highest BCUT2D eigenvalue weighted by Gasteiger charge is 2.12. The Balaban J connectivity index is 1.66. The molecule has 6 nitrogen and oxygen atoms in total.